The average molecular weight is 408 g/mol. The lowest BCUT2D eigenvalue weighted by Gasteiger charge is -2.35. The lowest BCUT2D eigenvalue weighted by atomic mass is 10.0. The molecule has 2 N–H and O–H groups in total. The normalized spacial score (nSPS) is 16.4. The van der Waals surface area contributed by atoms with Crippen molar-refractivity contribution in [3.05, 3.63) is 51.7 Å². The molecule has 1 aromatic carbocycles. The third kappa shape index (κ3) is 5.24. The second-order valence-electron chi connectivity index (χ2n) is 6.79. The highest BCUT2D eigenvalue weighted by Crippen LogP contribution is 2.31. The van der Waals surface area contributed by atoms with Crippen molar-refractivity contribution in [3.8, 4) is 0 Å². The van der Waals surface area contributed by atoms with Gasteiger partial charge in [0.2, 0.25) is 0 Å². The van der Waals surface area contributed by atoms with E-state index in [1.54, 1.807) is 18.7 Å². The van der Waals surface area contributed by atoms with Gasteiger partial charge in [-0.3, -0.25) is 4.90 Å². The van der Waals surface area contributed by atoms with Crippen molar-refractivity contribution in [1.29, 1.82) is 0 Å². The third-order valence-electron chi connectivity index (χ3n) is 4.84. The molecule has 2 atom stereocenters. The number of carbonyl (C=O) groups excluding carboxylic acids is 1. The largest absolute Gasteiger partial charge is 0.336 e. The number of thioether (sulfide) groups is 1. The maximum atomic E-state index is 12.6. The maximum Gasteiger partial charge on any atom is 0.315 e. The smallest absolute Gasteiger partial charge is 0.315 e. The summed E-state index contributed by atoms with van der Waals surface area (Å²) in [6.45, 7) is 3.43. The summed E-state index contributed by atoms with van der Waals surface area (Å²) in [7, 11) is 0. The number of thiophene rings is 1. The Hall–Kier alpha value is -1.57. The molecule has 2 aromatic rings. The van der Waals surface area contributed by atoms with Crippen LogP contribution in [0.3, 0.4) is 0 Å². The standard InChI is InChI=1S/C20H26FN3OS2/c1-14(11-21)23-20(25)22-12-18(15-3-5-17(26-2)6-4-15)24-9-7-19-16(13-24)8-10-27-19/h3-6,8,10,14,18H,7,9,11-13H2,1-2H3,(H2,22,23,25). The van der Waals surface area contributed by atoms with E-state index in [1.165, 1.54) is 20.9 Å². The number of benzene rings is 1. The zero-order valence-corrected chi connectivity index (χ0v) is 17.3. The minimum Gasteiger partial charge on any atom is -0.336 e. The van der Waals surface area contributed by atoms with Gasteiger partial charge in [0.05, 0.1) is 12.1 Å². The highest BCUT2D eigenvalue weighted by molar-refractivity contribution is 7.98. The monoisotopic (exact) mass is 407 g/mol. The number of rotatable bonds is 7. The first-order chi connectivity index (χ1) is 13.1. The second kappa shape index (κ2) is 9.57. The number of hydrogen-bond donors (Lipinski definition) is 2. The summed E-state index contributed by atoms with van der Waals surface area (Å²) in [5, 5.41) is 7.71. The first-order valence-electron chi connectivity index (χ1n) is 9.14. The zero-order chi connectivity index (χ0) is 19.2. The number of alkyl halides is 1. The van der Waals surface area contributed by atoms with Gasteiger partial charge in [-0.2, -0.15) is 0 Å². The molecule has 0 aliphatic carbocycles. The Bertz CT molecular complexity index is 750. The molecule has 7 heteroatoms. The Morgan fingerprint density at radius 3 is 2.81 bits per heavy atom. The highest BCUT2D eigenvalue weighted by Gasteiger charge is 2.26. The van der Waals surface area contributed by atoms with Gasteiger partial charge in [-0.05, 0) is 54.3 Å². The van der Waals surface area contributed by atoms with Crippen LogP contribution in [0, 0.1) is 0 Å². The van der Waals surface area contributed by atoms with Gasteiger partial charge in [0.25, 0.3) is 0 Å². The van der Waals surface area contributed by atoms with Crippen LogP contribution in [0.5, 0.6) is 0 Å². The van der Waals surface area contributed by atoms with Crippen LogP contribution in [0.1, 0.15) is 29.0 Å². The molecule has 1 aromatic heterocycles. The second-order valence-corrected chi connectivity index (χ2v) is 8.67. The van der Waals surface area contributed by atoms with Crippen molar-refractivity contribution >= 4 is 29.1 Å². The average Bonchev–Trinajstić information content (AvgIpc) is 3.16. The summed E-state index contributed by atoms with van der Waals surface area (Å²) in [4.78, 5) is 17.2. The molecule has 3 rings (SSSR count). The van der Waals surface area contributed by atoms with E-state index in [-0.39, 0.29) is 12.1 Å². The van der Waals surface area contributed by atoms with Crippen LogP contribution < -0.4 is 10.6 Å². The van der Waals surface area contributed by atoms with E-state index in [9.17, 15) is 9.18 Å². The van der Waals surface area contributed by atoms with Gasteiger partial charge < -0.3 is 10.6 Å². The van der Waals surface area contributed by atoms with E-state index < -0.39 is 12.7 Å². The summed E-state index contributed by atoms with van der Waals surface area (Å²) in [6.07, 6.45) is 3.10. The SMILES string of the molecule is CSc1ccc(C(CNC(=O)NC(C)CF)N2CCc3sccc3C2)cc1. The Labute approximate surface area is 168 Å². The molecular weight excluding hydrogens is 381 g/mol. The quantitative estimate of drug-likeness (QED) is 0.675. The number of nitrogens with zero attached hydrogens (tertiary/aromatic N) is 1. The third-order valence-corrected chi connectivity index (χ3v) is 6.61. The number of hydrogen-bond acceptors (Lipinski definition) is 4. The minimum atomic E-state index is -0.569. The predicted octanol–water partition coefficient (Wildman–Crippen LogP) is 4.23. The van der Waals surface area contributed by atoms with E-state index in [2.05, 4.69) is 57.5 Å². The van der Waals surface area contributed by atoms with Crippen LogP contribution in [0.4, 0.5) is 9.18 Å². The van der Waals surface area contributed by atoms with Crippen molar-refractivity contribution in [2.45, 2.75) is 36.9 Å². The summed E-state index contributed by atoms with van der Waals surface area (Å²) in [5.41, 5.74) is 2.57. The molecule has 146 valence electrons. The van der Waals surface area contributed by atoms with Crippen LogP contribution in [-0.2, 0) is 13.0 Å². The Morgan fingerprint density at radius 1 is 1.33 bits per heavy atom. The Balaban J connectivity index is 1.73. The topological polar surface area (TPSA) is 44.4 Å². The van der Waals surface area contributed by atoms with Crippen LogP contribution in [-0.4, -0.2) is 43.0 Å². The fourth-order valence-electron chi connectivity index (χ4n) is 3.32. The van der Waals surface area contributed by atoms with Gasteiger partial charge in [0, 0.05) is 29.4 Å². The predicted molar refractivity (Wildman–Crippen MR) is 111 cm³/mol. The molecule has 0 bridgehead atoms. The number of carbonyl (C=O) groups is 1. The van der Waals surface area contributed by atoms with Crippen LogP contribution >= 0.6 is 23.1 Å². The minimum absolute atomic E-state index is 0.0837. The van der Waals surface area contributed by atoms with E-state index >= 15 is 0 Å². The molecule has 0 spiro atoms. The molecule has 0 fully saturated rings. The number of urea groups is 1. The maximum absolute atomic E-state index is 12.6. The lowest BCUT2D eigenvalue weighted by Crippen LogP contribution is -2.46. The molecule has 0 saturated carbocycles. The molecule has 2 heterocycles. The molecular formula is C20H26FN3OS2. The van der Waals surface area contributed by atoms with Crippen molar-refractivity contribution in [1.82, 2.24) is 15.5 Å². The molecule has 4 nitrogen and oxygen atoms in total. The first kappa shape index (κ1) is 20.2. The van der Waals surface area contributed by atoms with Gasteiger partial charge in [-0.25, -0.2) is 9.18 Å². The highest BCUT2D eigenvalue weighted by atomic mass is 32.2. The van der Waals surface area contributed by atoms with Gasteiger partial charge in [0.15, 0.2) is 0 Å². The van der Waals surface area contributed by atoms with Gasteiger partial charge >= 0.3 is 6.03 Å². The first-order valence-corrected chi connectivity index (χ1v) is 11.2. The van der Waals surface area contributed by atoms with Crippen LogP contribution in [0.25, 0.3) is 0 Å². The Kier molecular flexibility index (Phi) is 7.15. The summed E-state index contributed by atoms with van der Waals surface area (Å²) in [5.74, 6) is 0. The van der Waals surface area contributed by atoms with Crippen LogP contribution in [0.2, 0.25) is 0 Å². The van der Waals surface area contributed by atoms with Gasteiger partial charge in [-0.1, -0.05) is 12.1 Å². The number of amides is 2. The van der Waals surface area contributed by atoms with Crippen molar-refractivity contribution < 1.29 is 9.18 Å². The lowest BCUT2D eigenvalue weighted by molar-refractivity contribution is 0.174. The van der Waals surface area contributed by atoms with Crippen molar-refractivity contribution in [2.24, 2.45) is 0 Å². The summed E-state index contributed by atoms with van der Waals surface area (Å²) in [6, 6.07) is 10.0. The Morgan fingerprint density at radius 2 is 2.11 bits per heavy atom. The fraction of sp³-hybridized carbons (Fsp3) is 0.450. The van der Waals surface area contributed by atoms with Gasteiger partial charge in [-0.15, -0.1) is 23.1 Å². The zero-order valence-electron chi connectivity index (χ0n) is 15.7. The number of fused-ring (bicyclic) bond motifs is 1. The number of nitrogens with one attached hydrogen (secondary N) is 2. The summed E-state index contributed by atoms with van der Waals surface area (Å²) >= 11 is 3.54. The molecule has 0 saturated heterocycles. The van der Waals surface area contributed by atoms with E-state index in [0.29, 0.717) is 6.54 Å². The summed E-state index contributed by atoms with van der Waals surface area (Å²) < 4.78 is 12.6. The van der Waals surface area contributed by atoms with Gasteiger partial charge in [0.1, 0.15) is 6.67 Å². The molecule has 2 amide bonds. The molecule has 1 aliphatic rings. The van der Waals surface area contributed by atoms with Crippen molar-refractivity contribution in [3.63, 3.8) is 0 Å². The van der Waals surface area contributed by atoms with Crippen LogP contribution in [0.15, 0.2) is 40.6 Å². The van der Waals surface area contributed by atoms with Crippen molar-refractivity contribution in [2.75, 3.05) is 26.0 Å². The molecule has 1 aliphatic heterocycles. The molecule has 2 unspecified atom stereocenters. The van der Waals surface area contributed by atoms with E-state index in [1.807, 2.05) is 11.3 Å². The van der Waals surface area contributed by atoms with E-state index in [0.717, 1.165) is 19.5 Å². The molecule has 27 heavy (non-hydrogen) atoms. The fourth-order valence-corrected chi connectivity index (χ4v) is 4.62. The number of halogens is 1. The van der Waals surface area contributed by atoms with E-state index in [4.69, 9.17) is 0 Å². The molecule has 0 radical (unpaired) electrons.